The van der Waals surface area contributed by atoms with Crippen LogP contribution in [0.4, 0.5) is 11.4 Å². The number of thiophene rings is 2. The molecule has 0 aliphatic carbocycles. The molecule has 0 fully saturated rings. The van der Waals surface area contributed by atoms with Crippen LogP contribution in [0.25, 0.3) is 19.8 Å². The Morgan fingerprint density at radius 2 is 0.928 bits per heavy atom. The van der Waals surface area contributed by atoms with Crippen LogP contribution in [0.2, 0.25) is 10.0 Å². The van der Waals surface area contributed by atoms with Gasteiger partial charge < -0.3 is 25.9 Å². The number of rotatable bonds is 18. The molecule has 2 atom stereocenters. The Kier molecular flexibility index (Phi) is 18.6. The van der Waals surface area contributed by atoms with Gasteiger partial charge in [-0.3, -0.25) is 19.0 Å². The van der Waals surface area contributed by atoms with Crippen LogP contribution >= 0.6 is 68.5 Å². The van der Waals surface area contributed by atoms with Crippen LogP contribution in [0, 0.1) is 0 Å². The molecule has 23 heteroatoms. The molecule has 4 aromatic heterocycles. The highest BCUT2D eigenvalue weighted by atomic mass is 35.5. The van der Waals surface area contributed by atoms with Gasteiger partial charge in [-0.25, -0.2) is 26.8 Å². The maximum atomic E-state index is 12.9. The number of nitrogens with zero attached hydrogens (tertiary/aromatic N) is 2. The van der Waals surface area contributed by atoms with Crippen LogP contribution in [0.5, 0.6) is 0 Å². The quantitative estimate of drug-likeness (QED) is 0.0508. The summed E-state index contributed by atoms with van der Waals surface area (Å²) in [6.45, 7) is 0. The summed E-state index contributed by atoms with van der Waals surface area (Å²) in [5.74, 6) is -0.345. The highest BCUT2D eigenvalue weighted by Crippen LogP contribution is 2.33. The summed E-state index contributed by atoms with van der Waals surface area (Å²) in [5, 5.41) is 16.8. The van der Waals surface area contributed by atoms with Crippen molar-refractivity contribution >= 4 is 112 Å². The molecule has 15 nitrogen and oxygen atoms in total. The lowest BCUT2D eigenvalue weighted by Crippen LogP contribution is -2.31. The molecule has 4 aromatic carbocycles. The predicted molar refractivity (Wildman–Crippen MR) is 276 cm³/mol. The molecule has 4 heterocycles. The zero-order valence-electron chi connectivity index (χ0n) is 36.2. The van der Waals surface area contributed by atoms with Crippen LogP contribution in [-0.4, -0.2) is 47.7 Å². The summed E-state index contributed by atoms with van der Waals surface area (Å²) in [5.41, 5.74) is 5.10. The van der Waals surface area contributed by atoms with Crippen molar-refractivity contribution in [3.05, 3.63) is 187 Å². The van der Waals surface area contributed by atoms with E-state index >= 15 is 0 Å². The van der Waals surface area contributed by atoms with E-state index in [1.165, 1.54) is 46.9 Å². The summed E-state index contributed by atoms with van der Waals surface area (Å²) in [6.07, 6.45) is 1.20. The zero-order chi connectivity index (χ0) is 48.3. The van der Waals surface area contributed by atoms with E-state index in [1.54, 1.807) is 83.3 Å². The molecule has 8 rings (SSSR count). The largest absolute Gasteiger partial charge is 0.731 e. The fourth-order valence-corrected chi connectivity index (χ4v) is 11.4. The first-order valence-electron chi connectivity index (χ1n) is 20.2. The van der Waals surface area contributed by atoms with Gasteiger partial charge in [-0.15, -0.1) is 45.3 Å². The lowest BCUT2D eigenvalue weighted by Gasteiger charge is -2.18. The second kappa shape index (κ2) is 24.3. The van der Waals surface area contributed by atoms with Crippen LogP contribution in [0.15, 0.2) is 143 Å². The number of aromatic nitrogens is 2. The Bertz CT molecular complexity index is 2960. The second-order valence-corrected chi connectivity index (χ2v) is 21.6. The molecule has 2 amide bonds. The molecule has 0 aliphatic rings. The van der Waals surface area contributed by atoms with E-state index in [0.29, 0.717) is 22.9 Å². The number of carbonyl (C=O) groups is 2. The van der Waals surface area contributed by atoms with Crippen molar-refractivity contribution in [3.63, 3.8) is 0 Å². The van der Waals surface area contributed by atoms with E-state index in [4.69, 9.17) is 33.2 Å². The molecule has 0 radical (unpaired) electrons. The maximum absolute atomic E-state index is 12.9. The monoisotopic (exact) mass is 1080 g/mol. The fourth-order valence-electron chi connectivity index (χ4n) is 6.71. The molecule has 8 N–H and O–H groups in total. The molecule has 0 aliphatic heterocycles. The van der Waals surface area contributed by atoms with Gasteiger partial charge in [0.1, 0.15) is 10.0 Å². The second-order valence-electron chi connectivity index (χ2n) is 14.9. The lowest BCUT2D eigenvalue weighted by molar-refractivity contribution is -0.122. The first-order valence-corrected chi connectivity index (χ1v) is 27.3. The Hall–Kier alpha value is -5.56. The molecule has 0 unspecified atom stereocenters. The third kappa shape index (κ3) is 16.8. The van der Waals surface area contributed by atoms with Gasteiger partial charge in [0.2, 0.25) is 11.8 Å². The molecule has 0 saturated carbocycles. The van der Waals surface area contributed by atoms with Crippen molar-refractivity contribution in [3.8, 4) is 19.8 Å². The number of halogens is 2. The SMILES string of the molecule is O=C(Cc1cccc(Cl)c1)N[C@@H](Cc1ccc(NS(=O)(=O)[O-])cc1)c1csc(-c2cccs2)n1.O=C(Cc1cccc(Cl)c1)N[C@@H](Cc1ccc(NS(=O)(=O)[O-])cc1)c1csc(-c2cccs2)n1.[NH4+]. The smallest absolute Gasteiger partial charge is 0.224 e. The van der Waals surface area contributed by atoms with Crippen molar-refractivity contribution in [2.75, 3.05) is 9.44 Å². The molecule has 0 saturated heterocycles. The summed E-state index contributed by atoms with van der Waals surface area (Å²) >= 11 is 18.3. The first kappa shape index (κ1) is 52.8. The average molecular weight is 1080 g/mol. The van der Waals surface area contributed by atoms with Crippen LogP contribution in [-0.2, 0) is 55.9 Å². The zero-order valence-corrected chi connectivity index (χ0v) is 42.6. The van der Waals surface area contributed by atoms with Crippen molar-refractivity contribution in [2.45, 2.75) is 37.8 Å². The highest BCUT2D eigenvalue weighted by Gasteiger charge is 2.22. The Morgan fingerprint density at radius 3 is 1.26 bits per heavy atom. The predicted octanol–water partition coefficient (Wildman–Crippen LogP) is 10.5. The van der Waals surface area contributed by atoms with E-state index in [0.717, 1.165) is 53.4 Å². The van der Waals surface area contributed by atoms with Crippen LogP contribution < -0.4 is 26.2 Å². The van der Waals surface area contributed by atoms with Gasteiger partial charge in [0, 0.05) is 32.2 Å². The van der Waals surface area contributed by atoms with Gasteiger partial charge in [-0.1, -0.05) is 83.9 Å². The van der Waals surface area contributed by atoms with Gasteiger partial charge in [-0.05, 0) is 107 Å². The minimum atomic E-state index is -4.60. The molecule has 69 heavy (non-hydrogen) atoms. The molecule has 8 aromatic rings. The standard InChI is InChI=1S/2C23H20ClN3O4S3.H3N/c2*24-17-4-1-3-16(11-17)13-22(28)25-19(20-14-33-23(26-20)21-5-2-10-32-21)12-15-6-8-18(9-7-15)27-34(29,30)31;/h2*1-11,14,19,27H,12-13H2,(H,25,28)(H,29,30,31);1H3/p-1/t2*19-;/m00./s1. The van der Waals surface area contributed by atoms with E-state index in [2.05, 4.69) is 10.6 Å². The highest BCUT2D eigenvalue weighted by molar-refractivity contribution is 7.87. The molecular weight excluding hydrogens is 1040 g/mol. The lowest BCUT2D eigenvalue weighted by atomic mass is 10.0. The number of nitrogens with one attached hydrogen (secondary N) is 4. The van der Waals surface area contributed by atoms with Gasteiger partial charge in [0.25, 0.3) is 0 Å². The van der Waals surface area contributed by atoms with Gasteiger partial charge >= 0.3 is 0 Å². The number of hydrogen-bond acceptors (Lipinski definition) is 14. The third-order valence-electron chi connectivity index (χ3n) is 9.67. The summed E-state index contributed by atoms with van der Waals surface area (Å²) in [4.78, 5) is 37.3. The number of carbonyl (C=O) groups excluding carboxylic acids is 2. The number of amides is 2. The molecule has 360 valence electrons. The minimum absolute atomic E-state index is 0. The first-order chi connectivity index (χ1) is 32.5. The normalized spacial score (nSPS) is 12.1. The number of thiazole rings is 2. The van der Waals surface area contributed by atoms with Crippen LogP contribution in [0.1, 0.15) is 45.7 Å². The summed E-state index contributed by atoms with van der Waals surface area (Å²) < 4.78 is 69.3. The molecular formula is C46H42Cl2N7O8S6-. The Balaban J connectivity index is 0.000000224. The van der Waals surface area contributed by atoms with Crippen molar-refractivity contribution in [1.82, 2.24) is 26.8 Å². The fraction of sp³-hybridized carbons (Fsp3) is 0.130. The number of benzene rings is 4. The van der Waals surface area contributed by atoms with E-state index in [9.17, 15) is 35.5 Å². The number of anilines is 2. The number of quaternary nitrogens is 1. The van der Waals surface area contributed by atoms with E-state index in [1.807, 2.05) is 67.4 Å². The molecule has 0 spiro atoms. The summed E-state index contributed by atoms with van der Waals surface area (Å²) in [7, 11) is -9.20. The summed E-state index contributed by atoms with van der Waals surface area (Å²) in [6, 6.07) is 34.3. The van der Waals surface area contributed by atoms with E-state index in [-0.39, 0.29) is 42.2 Å². The van der Waals surface area contributed by atoms with Gasteiger partial charge in [0.15, 0.2) is 20.6 Å². The van der Waals surface area contributed by atoms with Gasteiger partial charge in [0.05, 0.1) is 46.1 Å². The maximum Gasteiger partial charge on any atom is 0.224 e. The van der Waals surface area contributed by atoms with Crippen LogP contribution in [0.3, 0.4) is 0 Å². The van der Waals surface area contributed by atoms with Gasteiger partial charge in [-0.2, -0.15) is 0 Å². The van der Waals surface area contributed by atoms with E-state index < -0.39 is 32.7 Å². The Morgan fingerprint density at radius 1 is 0.536 bits per heavy atom. The van der Waals surface area contributed by atoms with Crippen molar-refractivity contribution in [2.24, 2.45) is 0 Å². The molecule has 0 bridgehead atoms. The average Bonchev–Trinajstić information content (AvgIpc) is 4.12. The Labute approximate surface area is 425 Å². The van der Waals surface area contributed by atoms with Crippen molar-refractivity contribution in [1.29, 1.82) is 0 Å². The van der Waals surface area contributed by atoms with Crippen molar-refractivity contribution < 1.29 is 35.5 Å². The number of hydrogen-bond donors (Lipinski definition) is 5. The minimum Gasteiger partial charge on any atom is -0.731 e. The third-order valence-corrected chi connectivity index (χ3v) is 14.9. The topological polar surface area (TPSA) is 259 Å².